The van der Waals surface area contributed by atoms with Crippen molar-refractivity contribution in [3.63, 3.8) is 0 Å². The Hall–Kier alpha value is -0.360. The van der Waals surface area contributed by atoms with Crippen molar-refractivity contribution in [3.8, 4) is 0 Å². The second kappa shape index (κ2) is 9.13. The Morgan fingerprint density at radius 2 is 1.57 bits per heavy atom. The van der Waals surface area contributed by atoms with Crippen LogP contribution in [0.25, 0.3) is 0 Å². The normalized spacial score (nSPS) is 54.9. The van der Waals surface area contributed by atoms with Gasteiger partial charge in [-0.25, -0.2) is 9.78 Å². The minimum Gasteiger partial charge on any atom is -0.393 e. The summed E-state index contributed by atoms with van der Waals surface area (Å²) in [5.41, 5.74) is -3.15. The lowest BCUT2D eigenvalue weighted by Crippen LogP contribution is -2.69. The topological polar surface area (TPSA) is 149 Å². The van der Waals surface area contributed by atoms with Gasteiger partial charge in [0.2, 0.25) is 6.29 Å². The van der Waals surface area contributed by atoms with Gasteiger partial charge >= 0.3 is 0 Å². The monoisotopic (exact) mass is 502 g/mol. The van der Waals surface area contributed by atoms with E-state index in [2.05, 4.69) is 20.8 Å². The van der Waals surface area contributed by atoms with Crippen molar-refractivity contribution in [1.29, 1.82) is 0 Å². The van der Waals surface area contributed by atoms with Gasteiger partial charge in [0.05, 0.1) is 18.3 Å². The summed E-state index contributed by atoms with van der Waals surface area (Å²) in [5.74, 6) is 0.436. The van der Waals surface area contributed by atoms with Crippen LogP contribution >= 0.6 is 0 Å². The number of aliphatic hydroxyl groups excluding tert-OH is 5. The first kappa shape index (κ1) is 27.7. The van der Waals surface area contributed by atoms with Gasteiger partial charge < -0.3 is 35.4 Å². The number of rotatable bonds is 5. The molecule has 3 aliphatic carbocycles. The first-order chi connectivity index (χ1) is 16.1. The summed E-state index contributed by atoms with van der Waals surface area (Å²) in [7, 11) is 0. The molecule has 0 amide bonds. The van der Waals surface area contributed by atoms with E-state index in [1.165, 1.54) is 6.92 Å². The molecule has 204 valence electrons. The van der Waals surface area contributed by atoms with E-state index in [1.54, 1.807) is 13.8 Å². The zero-order valence-corrected chi connectivity index (χ0v) is 21.9. The highest BCUT2D eigenvalue weighted by Crippen LogP contribution is 2.70. The van der Waals surface area contributed by atoms with Gasteiger partial charge in [-0.05, 0) is 75.5 Å². The fraction of sp³-hybridized carbons (Fsp3) is 1.00. The molecule has 4 fully saturated rings. The van der Waals surface area contributed by atoms with Crippen molar-refractivity contribution >= 4 is 0 Å². The van der Waals surface area contributed by atoms with E-state index >= 15 is 0 Å². The summed E-state index contributed by atoms with van der Waals surface area (Å²) in [6.45, 7) is 11.0. The molecule has 1 saturated heterocycles. The van der Waals surface area contributed by atoms with Crippen molar-refractivity contribution < 1.29 is 45.2 Å². The molecule has 1 heterocycles. The molecular weight excluding hydrogens is 456 g/mol. The summed E-state index contributed by atoms with van der Waals surface area (Å²) in [6.07, 6.45) is -3.22. The van der Waals surface area contributed by atoms with Crippen molar-refractivity contribution in [2.75, 3.05) is 6.61 Å². The predicted octanol–water partition coefficient (Wildman–Crippen LogP) is 1.11. The molecule has 35 heavy (non-hydrogen) atoms. The molecule has 12 atom stereocenters. The summed E-state index contributed by atoms with van der Waals surface area (Å²) < 4.78 is 5.68. The molecule has 0 aromatic rings. The second-order valence-electron chi connectivity index (χ2n) is 13.0. The first-order valence-electron chi connectivity index (χ1n) is 13.2. The zero-order valence-electron chi connectivity index (χ0n) is 21.9. The number of fused-ring (bicyclic) bond motifs is 2. The molecule has 0 aromatic heterocycles. The van der Waals surface area contributed by atoms with E-state index in [0.717, 1.165) is 25.7 Å². The fourth-order valence-corrected chi connectivity index (χ4v) is 8.28. The molecule has 1 spiro atoms. The maximum atomic E-state index is 11.2. The maximum absolute atomic E-state index is 11.2. The standard InChI is InChI=1S/C26H46O9/c1-13-11-14(2)26(13)10-8-16(28)24(5)9-7-15(23(3,4)32)19(20(24)26)34-35-22-18(30)17(29)21(31)25(6,12-27)33-22/h13-22,27-32H,7-12H2,1-6H3. The Balaban J connectivity index is 1.68. The van der Waals surface area contributed by atoms with Crippen LogP contribution in [0.5, 0.6) is 0 Å². The van der Waals surface area contributed by atoms with E-state index in [0.29, 0.717) is 18.3 Å². The Kier molecular flexibility index (Phi) is 7.22. The van der Waals surface area contributed by atoms with Crippen molar-refractivity contribution in [2.45, 2.75) is 122 Å². The van der Waals surface area contributed by atoms with Crippen LogP contribution < -0.4 is 0 Å². The van der Waals surface area contributed by atoms with Crippen molar-refractivity contribution in [2.24, 2.45) is 34.5 Å². The lowest BCUT2D eigenvalue weighted by Gasteiger charge is -2.70. The van der Waals surface area contributed by atoms with Crippen LogP contribution in [0.15, 0.2) is 0 Å². The molecule has 9 heteroatoms. The average molecular weight is 503 g/mol. The van der Waals surface area contributed by atoms with Crippen molar-refractivity contribution in [1.82, 2.24) is 0 Å². The third-order valence-electron chi connectivity index (χ3n) is 10.6. The van der Waals surface area contributed by atoms with Gasteiger partial charge in [0.15, 0.2) is 0 Å². The molecule has 0 aromatic carbocycles. The first-order valence-corrected chi connectivity index (χ1v) is 13.2. The third-order valence-corrected chi connectivity index (χ3v) is 10.6. The number of ether oxygens (including phenoxy) is 1. The summed E-state index contributed by atoms with van der Waals surface area (Å²) in [4.78, 5) is 11.8. The van der Waals surface area contributed by atoms with Crippen molar-refractivity contribution in [3.05, 3.63) is 0 Å². The largest absolute Gasteiger partial charge is 0.393 e. The maximum Gasteiger partial charge on any atom is 0.220 e. The molecule has 6 N–H and O–H groups in total. The molecule has 0 bridgehead atoms. The van der Waals surface area contributed by atoms with E-state index < -0.39 is 60.0 Å². The highest BCUT2D eigenvalue weighted by atomic mass is 17.2. The molecular formula is C26H46O9. The van der Waals surface area contributed by atoms with Crippen LogP contribution in [0.2, 0.25) is 0 Å². The Morgan fingerprint density at radius 3 is 2.11 bits per heavy atom. The van der Waals surface area contributed by atoms with Crippen LogP contribution in [0.3, 0.4) is 0 Å². The quantitative estimate of drug-likeness (QED) is 0.240. The van der Waals surface area contributed by atoms with Gasteiger partial charge in [0.1, 0.15) is 30.0 Å². The highest BCUT2D eigenvalue weighted by molar-refractivity contribution is 5.16. The van der Waals surface area contributed by atoms with Gasteiger partial charge in [-0.1, -0.05) is 20.8 Å². The Morgan fingerprint density at radius 1 is 0.943 bits per heavy atom. The van der Waals surface area contributed by atoms with Gasteiger partial charge in [0.25, 0.3) is 0 Å². The Bertz CT molecular complexity index is 762. The van der Waals surface area contributed by atoms with Crippen LogP contribution in [-0.2, 0) is 14.5 Å². The SMILES string of the molecule is CC1CC(C)C12CCC(O)C1(C)CCC(C(C)(C)O)C(OOC3OC(C)(CO)C(O)C(O)C3O)C12. The number of hydrogen-bond donors (Lipinski definition) is 6. The van der Waals surface area contributed by atoms with Crippen LogP contribution in [0, 0.1) is 34.5 Å². The fourth-order valence-electron chi connectivity index (χ4n) is 8.28. The highest BCUT2D eigenvalue weighted by Gasteiger charge is 2.69. The minimum absolute atomic E-state index is 0.0761. The number of aliphatic hydroxyl groups is 6. The summed E-state index contributed by atoms with van der Waals surface area (Å²) >= 11 is 0. The van der Waals surface area contributed by atoms with Gasteiger partial charge in [-0.2, -0.15) is 0 Å². The van der Waals surface area contributed by atoms with E-state index in [4.69, 9.17) is 14.5 Å². The van der Waals surface area contributed by atoms with Crippen LogP contribution in [0.1, 0.15) is 73.6 Å². The lowest BCUT2D eigenvalue weighted by atomic mass is 9.36. The third kappa shape index (κ3) is 4.10. The average Bonchev–Trinajstić information content (AvgIpc) is 2.79. The van der Waals surface area contributed by atoms with Gasteiger partial charge in [0, 0.05) is 11.8 Å². The zero-order chi connectivity index (χ0) is 26.1. The minimum atomic E-state index is -1.61. The molecule has 0 radical (unpaired) electrons. The van der Waals surface area contributed by atoms with E-state index in [1.807, 2.05) is 0 Å². The smallest absolute Gasteiger partial charge is 0.220 e. The Labute approximate surface area is 208 Å². The number of hydrogen-bond acceptors (Lipinski definition) is 9. The molecule has 4 rings (SSSR count). The molecule has 1 aliphatic heterocycles. The molecule has 4 aliphatic rings. The van der Waals surface area contributed by atoms with Gasteiger partial charge in [-0.3, -0.25) is 0 Å². The second-order valence-corrected chi connectivity index (χ2v) is 13.0. The molecule has 3 saturated carbocycles. The van der Waals surface area contributed by atoms with E-state index in [9.17, 15) is 30.6 Å². The van der Waals surface area contributed by atoms with E-state index in [-0.39, 0.29) is 17.3 Å². The van der Waals surface area contributed by atoms with Gasteiger partial charge in [-0.15, -0.1) is 0 Å². The summed E-state index contributed by atoms with van der Waals surface area (Å²) in [6, 6.07) is 0. The van der Waals surface area contributed by atoms with Crippen LogP contribution in [0.4, 0.5) is 0 Å². The molecule has 9 nitrogen and oxygen atoms in total. The summed E-state index contributed by atoms with van der Waals surface area (Å²) in [5, 5.41) is 63.3. The van der Waals surface area contributed by atoms with Crippen LogP contribution in [-0.4, -0.2) is 85.3 Å². The molecule has 12 unspecified atom stereocenters. The lowest BCUT2D eigenvalue weighted by molar-refractivity contribution is -0.473. The predicted molar refractivity (Wildman–Crippen MR) is 126 cm³/mol.